The molecule has 0 aromatic heterocycles. The van der Waals surface area contributed by atoms with Gasteiger partial charge in [-0.05, 0) is 87.7 Å². The minimum absolute atomic E-state index is 0.00331. The molecule has 3 amide bonds. The maximum Gasteiger partial charge on any atom is 0.246 e. The van der Waals surface area contributed by atoms with Crippen molar-refractivity contribution >= 4 is 17.7 Å². The van der Waals surface area contributed by atoms with Crippen LogP contribution in [-0.2, 0) is 27.2 Å². The van der Waals surface area contributed by atoms with Gasteiger partial charge in [0.1, 0.15) is 17.8 Å². The first-order valence-corrected chi connectivity index (χ1v) is 14.4. The van der Waals surface area contributed by atoms with Crippen molar-refractivity contribution in [2.45, 2.75) is 69.1 Å². The van der Waals surface area contributed by atoms with Crippen LogP contribution in [0.1, 0.15) is 43.2 Å². The highest BCUT2D eigenvalue weighted by Crippen LogP contribution is 2.35. The lowest BCUT2D eigenvalue weighted by atomic mass is 9.90. The summed E-state index contributed by atoms with van der Waals surface area (Å²) in [6.07, 6.45) is 4.83. The van der Waals surface area contributed by atoms with Crippen LogP contribution < -0.4 is 26.4 Å². The molecule has 2 aromatic rings. The van der Waals surface area contributed by atoms with Crippen LogP contribution in [0.4, 0.5) is 0 Å². The number of ether oxygens (including phenoxy) is 1. The predicted octanol–water partition coefficient (Wildman–Crippen LogP) is 1.79. The number of nitrogens with one attached hydrogen (secondary N) is 3. The normalized spacial score (nSPS) is 23.2. The van der Waals surface area contributed by atoms with Crippen LogP contribution in [0.3, 0.4) is 0 Å². The highest BCUT2D eigenvalue weighted by molar-refractivity contribution is 5.94. The van der Waals surface area contributed by atoms with Crippen molar-refractivity contribution in [3.05, 3.63) is 65.7 Å². The number of nitrogens with two attached hydrogens (primary N) is 1. The van der Waals surface area contributed by atoms with Gasteiger partial charge in [-0.25, -0.2) is 0 Å². The van der Waals surface area contributed by atoms with Crippen molar-refractivity contribution in [3.8, 4) is 5.75 Å². The van der Waals surface area contributed by atoms with Gasteiger partial charge in [0, 0.05) is 12.6 Å². The third kappa shape index (κ3) is 7.20. The SMILES string of the molecule is CNC(Cc1ccccc1)C(=O)NC1C(=O)N2[C@@H](CCC1CCN)CC[C@H]2C(=O)NCCc1ccc(OC)cc1. The summed E-state index contributed by atoms with van der Waals surface area (Å²) in [4.78, 5) is 42.5. The second-order valence-corrected chi connectivity index (χ2v) is 10.8. The molecule has 5 N–H and O–H groups in total. The predicted molar refractivity (Wildman–Crippen MR) is 155 cm³/mol. The molecule has 0 saturated carbocycles. The number of carbonyl (C=O) groups excluding carboxylic acids is 3. The highest BCUT2D eigenvalue weighted by Gasteiger charge is 2.47. The molecule has 0 radical (unpaired) electrons. The molecule has 4 rings (SSSR count). The molecule has 0 bridgehead atoms. The Kier molecular flexibility index (Phi) is 10.5. The van der Waals surface area contributed by atoms with Gasteiger partial charge in [0.05, 0.1) is 13.2 Å². The molecule has 2 heterocycles. The summed E-state index contributed by atoms with van der Waals surface area (Å²) in [5.74, 6) is 0.200. The van der Waals surface area contributed by atoms with Gasteiger partial charge in [-0.1, -0.05) is 42.5 Å². The largest absolute Gasteiger partial charge is 0.497 e. The summed E-state index contributed by atoms with van der Waals surface area (Å²) in [5, 5.41) is 9.21. The van der Waals surface area contributed by atoms with E-state index < -0.39 is 18.1 Å². The van der Waals surface area contributed by atoms with E-state index in [1.54, 1.807) is 19.1 Å². The molecule has 9 nitrogen and oxygen atoms in total. The molecule has 5 atom stereocenters. The van der Waals surface area contributed by atoms with E-state index in [1.807, 2.05) is 54.6 Å². The number of amides is 3. The topological polar surface area (TPSA) is 126 Å². The third-order valence-electron chi connectivity index (χ3n) is 8.32. The number of hydrogen-bond donors (Lipinski definition) is 4. The van der Waals surface area contributed by atoms with Crippen LogP contribution in [0.25, 0.3) is 0 Å². The smallest absolute Gasteiger partial charge is 0.246 e. The van der Waals surface area contributed by atoms with E-state index in [0.29, 0.717) is 38.8 Å². The van der Waals surface area contributed by atoms with E-state index >= 15 is 0 Å². The maximum absolute atomic E-state index is 14.0. The summed E-state index contributed by atoms with van der Waals surface area (Å²) in [6.45, 7) is 0.914. The Bertz CT molecular complexity index is 1130. The number of fused-ring (bicyclic) bond motifs is 1. The molecule has 2 saturated heterocycles. The van der Waals surface area contributed by atoms with Gasteiger partial charge in [0.15, 0.2) is 0 Å². The maximum atomic E-state index is 14.0. The number of rotatable bonds is 12. The van der Waals surface area contributed by atoms with Gasteiger partial charge in [0.2, 0.25) is 17.7 Å². The van der Waals surface area contributed by atoms with Crippen molar-refractivity contribution in [3.63, 3.8) is 0 Å². The lowest BCUT2D eigenvalue weighted by Gasteiger charge is -2.32. The van der Waals surface area contributed by atoms with E-state index in [9.17, 15) is 14.4 Å². The van der Waals surface area contributed by atoms with E-state index in [1.165, 1.54) is 0 Å². The molecular weight excluding hydrogens is 506 g/mol. The van der Waals surface area contributed by atoms with Crippen molar-refractivity contribution in [2.75, 3.05) is 27.2 Å². The van der Waals surface area contributed by atoms with Gasteiger partial charge in [-0.2, -0.15) is 0 Å². The van der Waals surface area contributed by atoms with Crippen molar-refractivity contribution in [1.29, 1.82) is 0 Å². The van der Waals surface area contributed by atoms with Crippen molar-refractivity contribution < 1.29 is 19.1 Å². The van der Waals surface area contributed by atoms with Gasteiger partial charge in [-0.15, -0.1) is 0 Å². The zero-order valence-corrected chi connectivity index (χ0v) is 23.6. The quantitative estimate of drug-likeness (QED) is 0.320. The molecule has 2 fully saturated rings. The molecule has 9 heteroatoms. The summed E-state index contributed by atoms with van der Waals surface area (Å²) >= 11 is 0. The summed E-state index contributed by atoms with van der Waals surface area (Å²) in [6, 6.07) is 15.8. The summed E-state index contributed by atoms with van der Waals surface area (Å²) < 4.78 is 5.21. The Balaban J connectivity index is 1.43. The van der Waals surface area contributed by atoms with Gasteiger partial charge in [0.25, 0.3) is 0 Å². The Morgan fingerprint density at radius 2 is 1.75 bits per heavy atom. The van der Waals surface area contributed by atoms with Gasteiger partial charge >= 0.3 is 0 Å². The molecule has 2 aromatic carbocycles. The molecule has 0 spiro atoms. The lowest BCUT2D eigenvalue weighted by Crippen LogP contribution is -2.58. The van der Waals surface area contributed by atoms with E-state index in [2.05, 4.69) is 16.0 Å². The summed E-state index contributed by atoms with van der Waals surface area (Å²) in [5.41, 5.74) is 8.06. The zero-order chi connectivity index (χ0) is 28.5. The Morgan fingerprint density at radius 3 is 2.42 bits per heavy atom. The van der Waals surface area contributed by atoms with E-state index in [4.69, 9.17) is 10.5 Å². The fourth-order valence-corrected chi connectivity index (χ4v) is 6.07. The first kappa shape index (κ1) is 29.6. The first-order chi connectivity index (χ1) is 19.4. The minimum Gasteiger partial charge on any atom is -0.497 e. The monoisotopic (exact) mass is 549 g/mol. The summed E-state index contributed by atoms with van der Waals surface area (Å²) in [7, 11) is 3.38. The molecule has 2 aliphatic heterocycles. The van der Waals surface area contributed by atoms with E-state index in [0.717, 1.165) is 36.1 Å². The third-order valence-corrected chi connectivity index (χ3v) is 8.32. The van der Waals surface area contributed by atoms with E-state index in [-0.39, 0.29) is 29.7 Å². The lowest BCUT2D eigenvalue weighted by molar-refractivity contribution is -0.143. The van der Waals surface area contributed by atoms with Crippen molar-refractivity contribution in [2.24, 2.45) is 11.7 Å². The number of likely N-dealkylation sites (N-methyl/N-ethyl adjacent to an activating group) is 1. The minimum atomic E-state index is -0.708. The number of methoxy groups -OCH3 is 1. The average molecular weight is 550 g/mol. The number of nitrogens with zero attached hydrogens (tertiary/aromatic N) is 1. The van der Waals surface area contributed by atoms with Crippen LogP contribution >= 0.6 is 0 Å². The second-order valence-electron chi connectivity index (χ2n) is 10.8. The molecule has 0 aliphatic carbocycles. The molecule has 40 heavy (non-hydrogen) atoms. The number of benzene rings is 2. The molecule has 2 aliphatic rings. The fraction of sp³-hybridized carbons (Fsp3) is 0.516. The molecule has 216 valence electrons. The second kappa shape index (κ2) is 14.3. The highest BCUT2D eigenvalue weighted by atomic mass is 16.5. The molecule has 3 unspecified atom stereocenters. The Labute approximate surface area is 237 Å². The van der Waals surface area contributed by atoms with Crippen LogP contribution in [0.15, 0.2) is 54.6 Å². The van der Waals surface area contributed by atoms with Crippen LogP contribution in [-0.4, -0.2) is 74.0 Å². The van der Waals surface area contributed by atoms with Crippen LogP contribution in [0.5, 0.6) is 5.75 Å². The number of hydrogen-bond acceptors (Lipinski definition) is 6. The Morgan fingerprint density at radius 1 is 1.02 bits per heavy atom. The van der Waals surface area contributed by atoms with Gasteiger partial charge in [-0.3, -0.25) is 14.4 Å². The Hall–Kier alpha value is -3.43. The average Bonchev–Trinajstić information content (AvgIpc) is 3.36. The standard InChI is InChI=1S/C31H43N5O4/c1-33-26(20-22-6-4-3-5-7-22)29(37)35-28-23(16-18-32)10-11-24-12-15-27(36(24)31(28)39)30(38)34-19-17-21-8-13-25(40-2)14-9-21/h3-9,13-14,23-24,26-28,33H,10-12,15-20,32H2,1-2H3,(H,34,38)(H,35,37)/t23?,24-,26?,27-,28?/m0/s1. The van der Waals surface area contributed by atoms with Crippen LogP contribution in [0, 0.1) is 5.92 Å². The zero-order valence-electron chi connectivity index (χ0n) is 23.6. The first-order valence-electron chi connectivity index (χ1n) is 14.4. The number of carbonyl (C=O) groups is 3. The van der Waals surface area contributed by atoms with Crippen molar-refractivity contribution in [1.82, 2.24) is 20.9 Å². The van der Waals surface area contributed by atoms with Crippen LogP contribution in [0.2, 0.25) is 0 Å². The van der Waals surface area contributed by atoms with Gasteiger partial charge < -0.3 is 31.3 Å². The molecular formula is C31H43N5O4. The fourth-order valence-electron chi connectivity index (χ4n) is 6.07.